The summed E-state index contributed by atoms with van der Waals surface area (Å²) in [5, 5.41) is 10.1. The van der Waals surface area contributed by atoms with Crippen molar-refractivity contribution in [2.75, 3.05) is 32.8 Å². The van der Waals surface area contributed by atoms with E-state index in [1.165, 1.54) is 0 Å². The largest absolute Gasteiger partial charge is 0.478 e. The molecule has 0 saturated carbocycles. The van der Waals surface area contributed by atoms with Crippen molar-refractivity contribution in [3.63, 3.8) is 0 Å². The number of hydrogen-bond acceptors (Lipinski definition) is 3. The molecule has 112 valence electrons. The molecule has 2 heterocycles. The van der Waals surface area contributed by atoms with E-state index in [9.17, 15) is 9.90 Å². The van der Waals surface area contributed by atoms with E-state index in [1.54, 1.807) is 6.07 Å². The van der Waals surface area contributed by atoms with Crippen molar-refractivity contribution in [2.45, 2.75) is 13.5 Å². The van der Waals surface area contributed by atoms with Crippen molar-refractivity contribution in [1.82, 2.24) is 9.47 Å². The van der Waals surface area contributed by atoms with E-state index in [0.717, 1.165) is 55.9 Å². The predicted octanol–water partition coefficient (Wildman–Crippen LogP) is 1.98. The van der Waals surface area contributed by atoms with E-state index in [1.807, 2.05) is 19.2 Å². The van der Waals surface area contributed by atoms with Crippen molar-refractivity contribution < 1.29 is 14.6 Å². The maximum absolute atomic E-state index is 11.4. The molecule has 21 heavy (non-hydrogen) atoms. The van der Waals surface area contributed by atoms with Crippen molar-refractivity contribution in [3.05, 3.63) is 35.5 Å². The molecule has 2 aromatic rings. The van der Waals surface area contributed by atoms with E-state index >= 15 is 0 Å². The molecule has 1 aromatic carbocycles. The first-order chi connectivity index (χ1) is 10.1. The van der Waals surface area contributed by atoms with Crippen LogP contribution in [0.3, 0.4) is 0 Å². The van der Waals surface area contributed by atoms with E-state index in [2.05, 4.69) is 15.5 Å². The van der Waals surface area contributed by atoms with Crippen molar-refractivity contribution >= 4 is 16.9 Å². The first-order valence-corrected chi connectivity index (χ1v) is 7.28. The molecule has 1 aliphatic rings. The molecule has 0 radical (unpaired) electrons. The number of aryl methyl sites for hydroxylation is 1. The molecule has 1 saturated heterocycles. The van der Waals surface area contributed by atoms with Gasteiger partial charge in [-0.25, -0.2) is 4.79 Å². The van der Waals surface area contributed by atoms with Gasteiger partial charge in [-0.05, 0) is 30.7 Å². The molecule has 5 nitrogen and oxygen atoms in total. The number of carbonyl (C=O) groups is 1. The summed E-state index contributed by atoms with van der Waals surface area (Å²) in [7, 11) is 0. The van der Waals surface area contributed by atoms with E-state index < -0.39 is 5.97 Å². The quantitative estimate of drug-likeness (QED) is 0.934. The zero-order valence-electron chi connectivity index (χ0n) is 12.2. The fourth-order valence-corrected chi connectivity index (χ4v) is 2.88. The number of rotatable bonds is 4. The van der Waals surface area contributed by atoms with Gasteiger partial charge in [-0.3, -0.25) is 4.90 Å². The normalized spacial score (nSPS) is 16.4. The van der Waals surface area contributed by atoms with Crippen LogP contribution < -0.4 is 0 Å². The van der Waals surface area contributed by atoms with Gasteiger partial charge in [0.2, 0.25) is 0 Å². The van der Waals surface area contributed by atoms with Crippen LogP contribution in [0.4, 0.5) is 0 Å². The average Bonchev–Trinajstić information content (AvgIpc) is 2.88. The molecule has 0 unspecified atom stereocenters. The molecule has 1 aromatic heterocycles. The van der Waals surface area contributed by atoms with Gasteiger partial charge in [-0.15, -0.1) is 0 Å². The SMILES string of the molecule is Cc1cc(C(=O)O)c2ccn(CCN3CCOCC3)c2c1. The Bertz CT molecular complexity index is 657. The van der Waals surface area contributed by atoms with Gasteiger partial charge in [-0.2, -0.15) is 0 Å². The number of hydrogen-bond donors (Lipinski definition) is 1. The molecule has 1 aliphatic heterocycles. The third kappa shape index (κ3) is 2.94. The maximum Gasteiger partial charge on any atom is 0.336 e. The topological polar surface area (TPSA) is 54.7 Å². The Kier molecular flexibility index (Phi) is 3.94. The van der Waals surface area contributed by atoms with Crippen LogP contribution in [0.25, 0.3) is 10.9 Å². The Morgan fingerprint density at radius 1 is 1.29 bits per heavy atom. The van der Waals surface area contributed by atoms with E-state index in [0.29, 0.717) is 5.56 Å². The lowest BCUT2D eigenvalue weighted by atomic mass is 10.1. The minimum Gasteiger partial charge on any atom is -0.478 e. The molecule has 1 N–H and O–H groups in total. The minimum absolute atomic E-state index is 0.384. The van der Waals surface area contributed by atoms with Gasteiger partial charge in [0.15, 0.2) is 0 Å². The molecule has 5 heteroatoms. The molecule has 0 atom stereocenters. The lowest BCUT2D eigenvalue weighted by Gasteiger charge is -2.26. The van der Waals surface area contributed by atoms with Crippen molar-refractivity contribution in [2.24, 2.45) is 0 Å². The highest BCUT2D eigenvalue weighted by atomic mass is 16.5. The minimum atomic E-state index is -0.866. The van der Waals surface area contributed by atoms with Gasteiger partial charge in [0.1, 0.15) is 0 Å². The summed E-state index contributed by atoms with van der Waals surface area (Å²) >= 11 is 0. The second-order valence-corrected chi connectivity index (χ2v) is 5.51. The number of aromatic carboxylic acids is 1. The number of aromatic nitrogens is 1. The van der Waals surface area contributed by atoms with Crippen LogP contribution in [-0.4, -0.2) is 53.4 Å². The third-order valence-corrected chi connectivity index (χ3v) is 4.02. The second kappa shape index (κ2) is 5.87. The third-order valence-electron chi connectivity index (χ3n) is 4.02. The lowest BCUT2D eigenvalue weighted by molar-refractivity contribution is 0.0365. The van der Waals surface area contributed by atoms with Crippen LogP contribution in [-0.2, 0) is 11.3 Å². The van der Waals surface area contributed by atoms with Crippen LogP contribution in [0, 0.1) is 6.92 Å². The molecule has 0 amide bonds. The smallest absolute Gasteiger partial charge is 0.336 e. The van der Waals surface area contributed by atoms with Crippen LogP contribution in [0.5, 0.6) is 0 Å². The number of ether oxygens (including phenoxy) is 1. The van der Waals surface area contributed by atoms with Gasteiger partial charge >= 0.3 is 5.97 Å². The highest BCUT2D eigenvalue weighted by molar-refractivity contribution is 6.03. The zero-order chi connectivity index (χ0) is 14.8. The zero-order valence-corrected chi connectivity index (χ0v) is 12.2. The Morgan fingerprint density at radius 3 is 2.76 bits per heavy atom. The number of nitrogens with zero attached hydrogens (tertiary/aromatic N) is 2. The fraction of sp³-hybridized carbons (Fsp3) is 0.438. The highest BCUT2D eigenvalue weighted by Gasteiger charge is 2.14. The number of fused-ring (bicyclic) bond motifs is 1. The van der Waals surface area contributed by atoms with Gasteiger partial charge in [0, 0.05) is 43.3 Å². The molecule has 3 rings (SSSR count). The van der Waals surface area contributed by atoms with E-state index in [-0.39, 0.29) is 0 Å². The number of carboxylic acid groups (broad SMARTS) is 1. The molecular formula is C16H20N2O3. The average molecular weight is 288 g/mol. The maximum atomic E-state index is 11.4. The summed E-state index contributed by atoms with van der Waals surface area (Å²) in [5.41, 5.74) is 2.36. The van der Waals surface area contributed by atoms with Crippen molar-refractivity contribution in [3.8, 4) is 0 Å². The van der Waals surface area contributed by atoms with Crippen LogP contribution in [0.2, 0.25) is 0 Å². The van der Waals surface area contributed by atoms with Gasteiger partial charge in [-0.1, -0.05) is 0 Å². The Balaban J connectivity index is 1.84. The Labute approximate surface area is 123 Å². The predicted molar refractivity (Wildman–Crippen MR) is 80.9 cm³/mol. The van der Waals surface area contributed by atoms with Gasteiger partial charge in [0.25, 0.3) is 0 Å². The summed E-state index contributed by atoms with van der Waals surface area (Å²) in [6, 6.07) is 5.69. The molecule has 1 fully saturated rings. The summed E-state index contributed by atoms with van der Waals surface area (Å²) < 4.78 is 7.49. The van der Waals surface area contributed by atoms with Crippen LogP contribution in [0.15, 0.2) is 24.4 Å². The number of morpholine rings is 1. The van der Waals surface area contributed by atoms with E-state index in [4.69, 9.17) is 4.74 Å². The van der Waals surface area contributed by atoms with Gasteiger partial charge < -0.3 is 14.4 Å². The standard InChI is InChI=1S/C16H20N2O3/c1-12-10-14(16(19)20)13-2-3-18(15(13)11-12)5-4-17-6-8-21-9-7-17/h2-3,10-11H,4-9H2,1H3,(H,19,20). The second-order valence-electron chi connectivity index (χ2n) is 5.51. The first-order valence-electron chi connectivity index (χ1n) is 7.28. The van der Waals surface area contributed by atoms with Crippen LogP contribution in [0.1, 0.15) is 15.9 Å². The molecule has 0 aliphatic carbocycles. The molecular weight excluding hydrogens is 268 g/mol. The Morgan fingerprint density at radius 2 is 2.05 bits per heavy atom. The van der Waals surface area contributed by atoms with Crippen molar-refractivity contribution in [1.29, 1.82) is 0 Å². The highest BCUT2D eigenvalue weighted by Crippen LogP contribution is 2.22. The monoisotopic (exact) mass is 288 g/mol. The summed E-state index contributed by atoms with van der Waals surface area (Å²) in [6.45, 7) is 7.31. The number of carboxylic acids is 1. The fourth-order valence-electron chi connectivity index (χ4n) is 2.88. The summed E-state index contributed by atoms with van der Waals surface area (Å²) in [6.07, 6.45) is 1.98. The lowest BCUT2D eigenvalue weighted by Crippen LogP contribution is -2.38. The Hall–Kier alpha value is -1.85. The molecule has 0 spiro atoms. The molecule has 0 bridgehead atoms. The van der Waals surface area contributed by atoms with Gasteiger partial charge in [0.05, 0.1) is 18.8 Å². The van der Waals surface area contributed by atoms with Crippen LogP contribution >= 0.6 is 0 Å². The number of benzene rings is 1. The first kappa shape index (κ1) is 14.1. The summed E-state index contributed by atoms with van der Waals surface area (Å²) in [4.78, 5) is 13.7. The summed E-state index contributed by atoms with van der Waals surface area (Å²) in [5.74, 6) is -0.866.